The van der Waals surface area contributed by atoms with Crippen LogP contribution in [0.25, 0.3) is 22.4 Å². The third kappa shape index (κ3) is 4.92. The number of aliphatic hydroxyl groups excluding tert-OH is 1. The minimum atomic E-state index is -0.493. The van der Waals surface area contributed by atoms with Gasteiger partial charge in [0.2, 0.25) is 0 Å². The van der Waals surface area contributed by atoms with Crippen LogP contribution in [0.1, 0.15) is 59.2 Å². The van der Waals surface area contributed by atoms with Crippen LogP contribution in [0.4, 0.5) is 0 Å². The SMILES string of the molecule is OC(CCc1ccc(C2CC2)cc1)c1cccc(C=Cc2ccc3sc(Cl)c(Cl)c3n2)c1. The Morgan fingerprint density at radius 3 is 2.62 bits per heavy atom. The van der Waals surface area contributed by atoms with Crippen LogP contribution in [0, 0.1) is 0 Å². The molecule has 1 saturated carbocycles. The average Bonchev–Trinajstić information content (AvgIpc) is 3.63. The average molecular weight is 480 g/mol. The minimum Gasteiger partial charge on any atom is -0.388 e. The van der Waals surface area contributed by atoms with Gasteiger partial charge in [0.1, 0.15) is 9.85 Å². The Morgan fingerprint density at radius 2 is 1.84 bits per heavy atom. The van der Waals surface area contributed by atoms with Crippen LogP contribution in [0.5, 0.6) is 0 Å². The van der Waals surface area contributed by atoms with Crippen molar-refractivity contribution in [2.75, 3.05) is 0 Å². The van der Waals surface area contributed by atoms with Gasteiger partial charge in [0, 0.05) is 0 Å². The first-order valence-electron chi connectivity index (χ1n) is 10.9. The van der Waals surface area contributed by atoms with Gasteiger partial charge in [-0.1, -0.05) is 71.7 Å². The number of hydrogen-bond acceptors (Lipinski definition) is 3. The minimum absolute atomic E-state index is 0.493. The zero-order valence-electron chi connectivity index (χ0n) is 17.5. The van der Waals surface area contributed by atoms with E-state index in [1.807, 2.05) is 48.6 Å². The van der Waals surface area contributed by atoms with E-state index in [2.05, 4.69) is 29.2 Å². The number of nitrogens with zero attached hydrogens (tertiary/aromatic N) is 1. The summed E-state index contributed by atoms with van der Waals surface area (Å²) in [6.07, 6.45) is 7.67. The molecule has 0 aliphatic heterocycles. The molecule has 5 rings (SSSR count). The summed E-state index contributed by atoms with van der Waals surface area (Å²) in [5, 5.41) is 11.2. The summed E-state index contributed by atoms with van der Waals surface area (Å²) in [6.45, 7) is 0. The first-order valence-corrected chi connectivity index (χ1v) is 12.4. The lowest BCUT2D eigenvalue weighted by atomic mass is 9.98. The quantitative estimate of drug-likeness (QED) is 0.289. The van der Waals surface area contributed by atoms with Crippen molar-refractivity contribution < 1.29 is 5.11 Å². The lowest BCUT2D eigenvalue weighted by molar-refractivity contribution is 0.168. The normalized spacial score (nSPS) is 15.0. The summed E-state index contributed by atoms with van der Waals surface area (Å²) in [6, 6.07) is 20.9. The molecule has 1 aliphatic carbocycles. The molecular weight excluding hydrogens is 457 g/mol. The monoisotopic (exact) mass is 479 g/mol. The molecule has 0 bridgehead atoms. The van der Waals surface area contributed by atoms with Crippen LogP contribution < -0.4 is 0 Å². The van der Waals surface area contributed by atoms with Gasteiger partial charge in [0.05, 0.1) is 21.5 Å². The number of thiophene rings is 1. The van der Waals surface area contributed by atoms with Crippen molar-refractivity contribution in [1.29, 1.82) is 0 Å². The molecule has 1 fully saturated rings. The van der Waals surface area contributed by atoms with Gasteiger partial charge in [-0.2, -0.15) is 0 Å². The van der Waals surface area contributed by atoms with Gasteiger partial charge in [-0.05, 0) is 78.1 Å². The highest BCUT2D eigenvalue weighted by Crippen LogP contribution is 2.40. The van der Waals surface area contributed by atoms with E-state index in [9.17, 15) is 5.11 Å². The largest absolute Gasteiger partial charge is 0.388 e. The summed E-state index contributed by atoms with van der Waals surface area (Å²) >= 11 is 13.8. The predicted octanol–water partition coefficient (Wildman–Crippen LogP) is 8.32. The van der Waals surface area contributed by atoms with E-state index >= 15 is 0 Å². The highest BCUT2D eigenvalue weighted by Gasteiger charge is 2.22. The van der Waals surface area contributed by atoms with Crippen LogP contribution in [-0.4, -0.2) is 10.1 Å². The molecule has 2 nitrogen and oxygen atoms in total. The molecule has 1 aliphatic rings. The maximum Gasteiger partial charge on any atom is 0.114 e. The zero-order valence-corrected chi connectivity index (χ0v) is 19.8. The van der Waals surface area contributed by atoms with Crippen LogP contribution in [0.15, 0.2) is 60.7 Å². The van der Waals surface area contributed by atoms with Crippen molar-refractivity contribution in [3.05, 3.63) is 98.0 Å². The van der Waals surface area contributed by atoms with E-state index in [1.165, 1.54) is 35.3 Å². The van der Waals surface area contributed by atoms with E-state index in [1.54, 1.807) is 0 Å². The third-order valence-corrected chi connectivity index (χ3v) is 7.87. The number of hydrogen-bond donors (Lipinski definition) is 1. The fraction of sp³-hybridized carbons (Fsp3) is 0.222. The molecule has 32 heavy (non-hydrogen) atoms. The van der Waals surface area contributed by atoms with Gasteiger partial charge in [-0.25, -0.2) is 4.98 Å². The highest BCUT2D eigenvalue weighted by molar-refractivity contribution is 7.23. The maximum absolute atomic E-state index is 10.7. The van der Waals surface area contributed by atoms with Gasteiger partial charge >= 0.3 is 0 Å². The molecule has 162 valence electrons. The lowest BCUT2D eigenvalue weighted by Gasteiger charge is -2.12. The molecule has 1 atom stereocenters. The van der Waals surface area contributed by atoms with Crippen molar-refractivity contribution in [3.63, 3.8) is 0 Å². The molecule has 5 heteroatoms. The summed E-state index contributed by atoms with van der Waals surface area (Å²) < 4.78 is 1.54. The molecule has 0 amide bonds. The second-order valence-corrected chi connectivity index (χ2v) is 10.4. The van der Waals surface area contributed by atoms with Crippen molar-refractivity contribution >= 4 is 56.9 Å². The summed E-state index contributed by atoms with van der Waals surface area (Å²) in [4.78, 5) is 4.61. The Kier molecular flexibility index (Phi) is 6.34. The molecule has 0 radical (unpaired) electrons. The maximum atomic E-state index is 10.7. The first kappa shape index (κ1) is 21.7. The number of aromatic nitrogens is 1. The van der Waals surface area contributed by atoms with Crippen molar-refractivity contribution in [2.45, 2.75) is 37.7 Å². The number of aliphatic hydroxyl groups is 1. The van der Waals surface area contributed by atoms with Crippen molar-refractivity contribution in [1.82, 2.24) is 4.98 Å². The topological polar surface area (TPSA) is 33.1 Å². The first-order chi connectivity index (χ1) is 15.6. The van der Waals surface area contributed by atoms with E-state index in [4.69, 9.17) is 23.2 Å². The highest BCUT2D eigenvalue weighted by atomic mass is 35.5. The zero-order chi connectivity index (χ0) is 22.1. The second kappa shape index (κ2) is 9.36. The van der Waals surface area contributed by atoms with Gasteiger partial charge in [0.25, 0.3) is 0 Å². The molecule has 2 aromatic heterocycles. The van der Waals surface area contributed by atoms with Crippen molar-refractivity contribution in [2.24, 2.45) is 0 Å². The van der Waals surface area contributed by atoms with Crippen LogP contribution in [0.2, 0.25) is 9.36 Å². The van der Waals surface area contributed by atoms with E-state index < -0.39 is 6.10 Å². The van der Waals surface area contributed by atoms with E-state index in [-0.39, 0.29) is 0 Å². The third-order valence-electron chi connectivity index (χ3n) is 5.94. The molecule has 1 unspecified atom stereocenters. The number of benzene rings is 2. The molecule has 0 spiro atoms. The molecule has 4 aromatic rings. The van der Waals surface area contributed by atoms with Crippen LogP contribution in [-0.2, 0) is 6.42 Å². The van der Waals surface area contributed by atoms with Crippen LogP contribution in [0.3, 0.4) is 0 Å². The molecule has 2 aromatic carbocycles. The number of aryl methyl sites for hydroxylation is 1. The number of halogens is 2. The van der Waals surface area contributed by atoms with Gasteiger partial charge in [-0.15, -0.1) is 11.3 Å². The second-order valence-electron chi connectivity index (χ2n) is 8.35. The van der Waals surface area contributed by atoms with Crippen molar-refractivity contribution in [3.8, 4) is 0 Å². The summed E-state index contributed by atoms with van der Waals surface area (Å²) in [5.41, 5.74) is 6.22. The van der Waals surface area contributed by atoms with Gasteiger partial charge in [-0.3, -0.25) is 0 Å². The molecule has 0 saturated heterocycles. The molecular formula is C27H23Cl2NOS. The van der Waals surface area contributed by atoms with Gasteiger partial charge in [0.15, 0.2) is 0 Å². The van der Waals surface area contributed by atoms with Crippen LogP contribution >= 0.6 is 34.5 Å². The van der Waals surface area contributed by atoms with Gasteiger partial charge < -0.3 is 5.11 Å². The van der Waals surface area contributed by atoms with E-state index in [0.717, 1.165) is 39.4 Å². The fourth-order valence-corrected chi connectivity index (χ4v) is 5.34. The lowest BCUT2D eigenvalue weighted by Crippen LogP contribution is -2.00. The molecule has 1 N–H and O–H groups in total. The Morgan fingerprint density at radius 1 is 1.03 bits per heavy atom. The Hall–Kier alpha value is -2.17. The Labute approximate surface area is 202 Å². The smallest absolute Gasteiger partial charge is 0.114 e. The van der Waals surface area contributed by atoms with E-state index in [0.29, 0.717) is 15.8 Å². The standard InChI is InChI=1S/C27H23Cl2NOS/c28-25-26-24(32-27(25)29)15-13-22(30-26)12-6-18-2-1-3-21(16-18)23(31)14-7-17-4-8-19(9-5-17)20-10-11-20/h1-6,8-9,12-13,15-16,20,23,31H,7,10-11,14H2. The summed E-state index contributed by atoms with van der Waals surface area (Å²) in [7, 11) is 0. The number of pyridine rings is 1. The number of fused-ring (bicyclic) bond motifs is 1. The Balaban J connectivity index is 1.24. The number of rotatable bonds is 7. The summed E-state index contributed by atoms with van der Waals surface area (Å²) in [5.74, 6) is 0.780. The fourth-order valence-electron chi connectivity index (χ4n) is 3.92. The predicted molar refractivity (Wildman–Crippen MR) is 137 cm³/mol. The Bertz CT molecular complexity index is 1270. The molecule has 2 heterocycles.